The SMILES string of the molecule is CN(C)CC(N)c1noc(CCOCC(F)F)n1. The summed E-state index contributed by atoms with van der Waals surface area (Å²) in [5.74, 6) is 0.751. The van der Waals surface area contributed by atoms with Gasteiger partial charge in [0.1, 0.15) is 6.61 Å². The molecule has 0 aliphatic heterocycles. The van der Waals surface area contributed by atoms with Gasteiger partial charge in [-0.3, -0.25) is 0 Å². The van der Waals surface area contributed by atoms with Crippen LogP contribution in [0.4, 0.5) is 8.78 Å². The summed E-state index contributed by atoms with van der Waals surface area (Å²) in [7, 11) is 3.78. The minimum absolute atomic E-state index is 0.120. The first-order valence-corrected chi connectivity index (χ1v) is 5.57. The maximum Gasteiger partial charge on any atom is 0.261 e. The molecule has 0 saturated carbocycles. The minimum Gasteiger partial charge on any atom is -0.375 e. The maximum absolute atomic E-state index is 11.8. The average Bonchev–Trinajstić information content (AvgIpc) is 2.72. The van der Waals surface area contributed by atoms with Gasteiger partial charge in [0.2, 0.25) is 5.89 Å². The molecule has 1 atom stereocenters. The molecule has 0 spiro atoms. The van der Waals surface area contributed by atoms with Crippen LogP contribution < -0.4 is 5.73 Å². The zero-order chi connectivity index (χ0) is 13.5. The van der Waals surface area contributed by atoms with E-state index in [0.29, 0.717) is 24.7 Å². The maximum atomic E-state index is 11.8. The second-order valence-corrected chi connectivity index (χ2v) is 4.13. The van der Waals surface area contributed by atoms with Gasteiger partial charge in [-0.05, 0) is 14.1 Å². The molecule has 0 amide bonds. The molecule has 0 saturated heterocycles. The molecule has 18 heavy (non-hydrogen) atoms. The highest BCUT2D eigenvalue weighted by Crippen LogP contribution is 2.07. The summed E-state index contributed by atoms with van der Waals surface area (Å²) in [6.45, 7) is 0.136. The highest BCUT2D eigenvalue weighted by molar-refractivity contribution is 4.93. The van der Waals surface area contributed by atoms with Gasteiger partial charge in [-0.2, -0.15) is 4.98 Å². The lowest BCUT2D eigenvalue weighted by Gasteiger charge is -2.12. The highest BCUT2D eigenvalue weighted by Gasteiger charge is 2.15. The third-order valence-electron chi connectivity index (χ3n) is 2.08. The molecule has 1 aromatic rings. The molecule has 0 bridgehead atoms. The van der Waals surface area contributed by atoms with E-state index in [2.05, 4.69) is 10.1 Å². The molecule has 104 valence electrons. The molecular formula is C10H18F2N4O2. The zero-order valence-corrected chi connectivity index (χ0v) is 10.5. The summed E-state index contributed by atoms with van der Waals surface area (Å²) in [4.78, 5) is 5.99. The van der Waals surface area contributed by atoms with Gasteiger partial charge in [-0.15, -0.1) is 0 Å². The van der Waals surface area contributed by atoms with Crippen LogP contribution in [-0.4, -0.2) is 55.3 Å². The monoisotopic (exact) mass is 264 g/mol. The number of nitrogens with zero attached hydrogens (tertiary/aromatic N) is 3. The Bertz CT molecular complexity index is 346. The van der Waals surface area contributed by atoms with Crippen molar-refractivity contribution in [2.75, 3.05) is 33.9 Å². The summed E-state index contributed by atoms with van der Waals surface area (Å²) < 4.78 is 33.3. The van der Waals surface area contributed by atoms with Crippen LogP contribution in [-0.2, 0) is 11.2 Å². The number of alkyl halides is 2. The first-order valence-electron chi connectivity index (χ1n) is 5.57. The van der Waals surface area contributed by atoms with Gasteiger partial charge in [-0.1, -0.05) is 5.16 Å². The van der Waals surface area contributed by atoms with E-state index < -0.39 is 13.0 Å². The van der Waals surface area contributed by atoms with E-state index in [1.54, 1.807) is 0 Å². The second-order valence-electron chi connectivity index (χ2n) is 4.13. The fourth-order valence-electron chi connectivity index (χ4n) is 1.33. The normalized spacial score (nSPS) is 13.5. The van der Waals surface area contributed by atoms with E-state index in [9.17, 15) is 8.78 Å². The van der Waals surface area contributed by atoms with Crippen LogP contribution in [0.2, 0.25) is 0 Å². The zero-order valence-electron chi connectivity index (χ0n) is 10.5. The van der Waals surface area contributed by atoms with Crippen molar-refractivity contribution in [1.82, 2.24) is 15.0 Å². The van der Waals surface area contributed by atoms with Gasteiger partial charge < -0.3 is 19.9 Å². The number of hydrogen-bond acceptors (Lipinski definition) is 6. The Morgan fingerprint density at radius 1 is 1.44 bits per heavy atom. The van der Waals surface area contributed by atoms with Crippen molar-refractivity contribution in [2.45, 2.75) is 18.9 Å². The van der Waals surface area contributed by atoms with E-state index in [-0.39, 0.29) is 12.6 Å². The van der Waals surface area contributed by atoms with E-state index in [0.717, 1.165) is 0 Å². The number of likely N-dealkylation sites (N-methyl/N-ethyl adjacent to an activating group) is 1. The molecule has 1 unspecified atom stereocenters. The molecule has 0 aromatic carbocycles. The van der Waals surface area contributed by atoms with Crippen molar-refractivity contribution >= 4 is 0 Å². The standard InChI is InChI=1S/C10H18F2N4O2/c1-16(2)5-7(13)10-14-9(18-15-10)3-4-17-6-8(11)12/h7-8H,3-6,13H2,1-2H3. The largest absolute Gasteiger partial charge is 0.375 e. The van der Waals surface area contributed by atoms with Crippen LogP contribution in [0.3, 0.4) is 0 Å². The summed E-state index contributed by atoms with van der Waals surface area (Å²) in [5.41, 5.74) is 5.85. The van der Waals surface area contributed by atoms with E-state index >= 15 is 0 Å². The summed E-state index contributed by atoms with van der Waals surface area (Å²) >= 11 is 0. The lowest BCUT2D eigenvalue weighted by atomic mass is 10.3. The highest BCUT2D eigenvalue weighted by atomic mass is 19.3. The van der Waals surface area contributed by atoms with Crippen LogP contribution in [0, 0.1) is 0 Å². The smallest absolute Gasteiger partial charge is 0.261 e. The van der Waals surface area contributed by atoms with Crippen LogP contribution in [0.1, 0.15) is 17.8 Å². The van der Waals surface area contributed by atoms with Crippen molar-refractivity contribution < 1.29 is 18.0 Å². The Kier molecular flexibility index (Phi) is 6.10. The number of rotatable bonds is 8. The first-order chi connectivity index (χ1) is 8.49. The van der Waals surface area contributed by atoms with Gasteiger partial charge in [0.25, 0.3) is 6.43 Å². The first kappa shape index (κ1) is 14.9. The van der Waals surface area contributed by atoms with E-state index in [1.807, 2.05) is 19.0 Å². The molecule has 0 radical (unpaired) electrons. The number of nitrogens with two attached hydrogens (primary N) is 1. The quantitative estimate of drug-likeness (QED) is 0.687. The van der Waals surface area contributed by atoms with Crippen molar-refractivity contribution in [3.8, 4) is 0 Å². The van der Waals surface area contributed by atoms with Crippen LogP contribution in [0.25, 0.3) is 0 Å². The van der Waals surface area contributed by atoms with E-state index in [4.69, 9.17) is 15.0 Å². The van der Waals surface area contributed by atoms with Crippen molar-refractivity contribution in [2.24, 2.45) is 5.73 Å². The average molecular weight is 264 g/mol. The van der Waals surface area contributed by atoms with Crippen molar-refractivity contribution in [3.05, 3.63) is 11.7 Å². The fourth-order valence-corrected chi connectivity index (χ4v) is 1.33. The second kappa shape index (κ2) is 7.34. The topological polar surface area (TPSA) is 77.4 Å². The Morgan fingerprint density at radius 3 is 2.78 bits per heavy atom. The van der Waals surface area contributed by atoms with Crippen molar-refractivity contribution in [1.29, 1.82) is 0 Å². The van der Waals surface area contributed by atoms with Gasteiger partial charge in [-0.25, -0.2) is 8.78 Å². The Morgan fingerprint density at radius 2 is 2.17 bits per heavy atom. The predicted molar refractivity (Wildman–Crippen MR) is 60.3 cm³/mol. The van der Waals surface area contributed by atoms with Gasteiger partial charge >= 0.3 is 0 Å². The molecular weight excluding hydrogens is 246 g/mol. The van der Waals surface area contributed by atoms with Gasteiger partial charge in [0.15, 0.2) is 5.82 Å². The molecule has 0 fully saturated rings. The lowest BCUT2D eigenvalue weighted by molar-refractivity contribution is 0.0171. The van der Waals surface area contributed by atoms with E-state index in [1.165, 1.54) is 0 Å². The molecule has 6 nitrogen and oxygen atoms in total. The summed E-state index contributed by atoms with van der Waals surface area (Å²) in [6.07, 6.45) is -2.16. The fraction of sp³-hybridized carbons (Fsp3) is 0.800. The third kappa shape index (κ3) is 5.48. The number of hydrogen-bond donors (Lipinski definition) is 1. The van der Waals surface area contributed by atoms with Crippen LogP contribution in [0.15, 0.2) is 4.52 Å². The minimum atomic E-state index is -2.46. The molecule has 1 heterocycles. The molecule has 0 aliphatic carbocycles. The Hall–Kier alpha value is -1.12. The molecule has 1 aromatic heterocycles. The summed E-state index contributed by atoms with van der Waals surface area (Å²) in [6, 6.07) is -0.334. The Labute approximate surface area is 104 Å². The number of aromatic nitrogens is 2. The molecule has 1 rings (SSSR count). The Balaban J connectivity index is 2.34. The molecule has 0 aliphatic rings. The lowest BCUT2D eigenvalue weighted by Crippen LogP contribution is -2.26. The number of ether oxygens (including phenoxy) is 1. The molecule has 2 N–H and O–H groups in total. The molecule has 8 heteroatoms. The van der Waals surface area contributed by atoms with Gasteiger partial charge in [0, 0.05) is 6.54 Å². The van der Waals surface area contributed by atoms with Crippen LogP contribution >= 0.6 is 0 Å². The van der Waals surface area contributed by atoms with Crippen molar-refractivity contribution in [3.63, 3.8) is 0 Å². The van der Waals surface area contributed by atoms with Gasteiger partial charge in [0.05, 0.1) is 19.1 Å². The third-order valence-corrected chi connectivity index (χ3v) is 2.08. The van der Waals surface area contributed by atoms with Crippen LogP contribution in [0.5, 0.6) is 0 Å². The summed E-state index contributed by atoms with van der Waals surface area (Å²) in [5, 5.41) is 3.74. The predicted octanol–water partition coefficient (Wildman–Crippen LogP) is 0.455. The number of halogens is 2.